The number of ether oxygens (including phenoxy) is 1. The molecule has 2 unspecified atom stereocenters. The summed E-state index contributed by atoms with van der Waals surface area (Å²) in [5.41, 5.74) is 2.01. The van der Waals surface area contributed by atoms with Crippen LogP contribution in [0.2, 0.25) is 0 Å². The largest absolute Gasteiger partial charge is 0.493 e. The average Bonchev–Trinajstić information content (AvgIpc) is 2.48. The second-order valence-electron chi connectivity index (χ2n) is 4.80. The molecule has 1 N–H and O–H groups in total. The molecule has 1 aliphatic heterocycles. The highest BCUT2D eigenvalue weighted by Gasteiger charge is 2.24. The summed E-state index contributed by atoms with van der Waals surface area (Å²) in [5.74, 6) is 1.27. The molecule has 0 amide bonds. The molecular formula is C15H16N2O2. The number of rotatable bonds is 3. The average molecular weight is 256 g/mol. The van der Waals surface area contributed by atoms with Gasteiger partial charge in [0.15, 0.2) is 0 Å². The Morgan fingerprint density at radius 2 is 2.16 bits per heavy atom. The molecule has 1 aromatic heterocycles. The van der Waals surface area contributed by atoms with Crippen molar-refractivity contribution in [3.05, 3.63) is 53.9 Å². The van der Waals surface area contributed by atoms with E-state index >= 15 is 0 Å². The van der Waals surface area contributed by atoms with Crippen LogP contribution in [0.3, 0.4) is 0 Å². The SMILES string of the molecule is OC(CC1CCOc2ccccc21)c1ccnnc1. The predicted octanol–water partition coefficient (Wildman–Crippen LogP) is 2.47. The summed E-state index contributed by atoms with van der Waals surface area (Å²) < 4.78 is 5.64. The number of para-hydroxylation sites is 1. The van der Waals surface area contributed by atoms with Crippen LogP contribution in [0.4, 0.5) is 0 Å². The van der Waals surface area contributed by atoms with E-state index in [0.29, 0.717) is 18.9 Å². The fraction of sp³-hybridized carbons (Fsp3) is 0.333. The first-order valence-electron chi connectivity index (χ1n) is 6.51. The molecular weight excluding hydrogens is 240 g/mol. The number of nitrogens with zero attached hydrogens (tertiary/aromatic N) is 2. The van der Waals surface area contributed by atoms with Crippen LogP contribution < -0.4 is 4.74 Å². The first-order chi connectivity index (χ1) is 9.34. The molecule has 2 atom stereocenters. The molecule has 0 spiro atoms. The summed E-state index contributed by atoms with van der Waals surface area (Å²) in [6, 6.07) is 9.87. The van der Waals surface area contributed by atoms with Crippen LogP contribution in [0.25, 0.3) is 0 Å². The summed E-state index contributed by atoms with van der Waals surface area (Å²) in [4.78, 5) is 0. The minimum absolute atomic E-state index is 0.327. The molecule has 2 heterocycles. The van der Waals surface area contributed by atoms with Crippen molar-refractivity contribution in [3.8, 4) is 5.75 Å². The molecule has 0 bridgehead atoms. The zero-order chi connectivity index (χ0) is 13.1. The van der Waals surface area contributed by atoms with Gasteiger partial charge in [-0.2, -0.15) is 10.2 Å². The minimum Gasteiger partial charge on any atom is -0.493 e. The molecule has 1 aliphatic rings. The lowest BCUT2D eigenvalue weighted by Gasteiger charge is -2.27. The van der Waals surface area contributed by atoms with Gasteiger partial charge in [0.05, 0.1) is 18.9 Å². The quantitative estimate of drug-likeness (QED) is 0.916. The highest BCUT2D eigenvalue weighted by Crippen LogP contribution is 2.38. The Hall–Kier alpha value is -1.94. The highest BCUT2D eigenvalue weighted by molar-refractivity contribution is 5.38. The maximum absolute atomic E-state index is 10.3. The molecule has 0 aliphatic carbocycles. The molecule has 3 rings (SSSR count). The molecule has 0 radical (unpaired) electrons. The van der Waals surface area contributed by atoms with Crippen LogP contribution in [-0.4, -0.2) is 21.9 Å². The molecule has 1 aromatic carbocycles. The van der Waals surface area contributed by atoms with Crippen molar-refractivity contribution in [1.82, 2.24) is 10.2 Å². The maximum Gasteiger partial charge on any atom is 0.122 e. The van der Waals surface area contributed by atoms with E-state index < -0.39 is 6.10 Å². The van der Waals surface area contributed by atoms with Gasteiger partial charge in [-0.15, -0.1) is 0 Å². The van der Waals surface area contributed by atoms with E-state index in [9.17, 15) is 5.11 Å². The standard InChI is InChI=1S/C15H16N2O2/c18-14(12-5-7-16-17-10-12)9-11-6-8-19-15-4-2-1-3-13(11)15/h1-5,7,10-11,14,18H,6,8-9H2. The monoisotopic (exact) mass is 256 g/mol. The van der Waals surface area contributed by atoms with Crippen molar-refractivity contribution >= 4 is 0 Å². The second kappa shape index (κ2) is 5.36. The number of benzene rings is 1. The lowest BCUT2D eigenvalue weighted by Crippen LogP contribution is -2.16. The van der Waals surface area contributed by atoms with Crippen molar-refractivity contribution < 1.29 is 9.84 Å². The van der Waals surface area contributed by atoms with Gasteiger partial charge in [-0.25, -0.2) is 0 Å². The van der Waals surface area contributed by atoms with E-state index in [1.165, 1.54) is 5.56 Å². The third-order valence-corrected chi connectivity index (χ3v) is 3.58. The molecule has 0 fully saturated rings. The van der Waals surface area contributed by atoms with Gasteiger partial charge in [0.1, 0.15) is 5.75 Å². The molecule has 98 valence electrons. The highest BCUT2D eigenvalue weighted by atomic mass is 16.5. The molecule has 0 saturated carbocycles. The number of hydrogen-bond donors (Lipinski definition) is 1. The Kier molecular flexibility index (Phi) is 3.42. The zero-order valence-corrected chi connectivity index (χ0v) is 10.6. The van der Waals surface area contributed by atoms with Gasteiger partial charge >= 0.3 is 0 Å². The molecule has 0 saturated heterocycles. The van der Waals surface area contributed by atoms with E-state index in [1.807, 2.05) is 24.3 Å². The van der Waals surface area contributed by atoms with Crippen LogP contribution in [0.1, 0.15) is 36.0 Å². The molecule has 2 aromatic rings. The van der Waals surface area contributed by atoms with Crippen molar-refractivity contribution in [2.45, 2.75) is 24.9 Å². The summed E-state index contributed by atoms with van der Waals surface area (Å²) in [5, 5.41) is 17.8. The number of aromatic nitrogens is 2. The number of hydrogen-bond acceptors (Lipinski definition) is 4. The summed E-state index contributed by atoms with van der Waals surface area (Å²) in [6.07, 6.45) is 4.34. The fourth-order valence-electron chi connectivity index (χ4n) is 2.56. The Bertz CT molecular complexity index is 545. The molecule has 19 heavy (non-hydrogen) atoms. The van der Waals surface area contributed by atoms with Gasteiger partial charge in [-0.1, -0.05) is 18.2 Å². The van der Waals surface area contributed by atoms with Gasteiger partial charge in [0.2, 0.25) is 0 Å². The normalized spacial score (nSPS) is 19.3. The Labute approximate surface area is 112 Å². The summed E-state index contributed by atoms with van der Waals surface area (Å²) >= 11 is 0. The van der Waals surface area contributed by atoms with E-state index in [2.05, 4.69) is 16.3 Å². The lowest BCUT2D eigenvalue weighted by molar-refractivity contribution is 0.144. The van der Waals surface area contributed by atoms with E-state index in [0.717, 1.165) is 17.7 Å². The Morgan fingerprint density at radius 3 is 3.00 bits per heavy atom. The number of aliphatic hydroxyl groups is 1. The summed E-state index contributed by atoms with van der Waals surface area (Å²) in [6.45, 7) is 0.711. The van der Waals surface area contributed by atoms with Crippen molar-refractivity contribution in [2.24, 2.45) is 0 Å². The predicted molar refractivity (Wildman–Crippen MR) is 70.9 cm³/mol. The van der Waals surface area contributed by atoms with Crippen molar-refractivity contribution in [3.63, 3.8) is 0 Å². The zero-order valence-electron chi connectivity index (χ0n) is 10.6. The van der Waals surface area contributed by atoms with Gasteiger partial charge in [-0.3, -0.25) is 0 Å². The molecule has 4 nitrogen and oxygen atoms in total. The topological polar surface area (TPSA) is 55.2 Å². The van der Waals surface area contributed by atoms with E-state index in [-0.39, 0.29) is 0 Å². The Balaban J connectivity index is 1.78. The maximum atomic E-state index is 10.3. The second-order valence-corrected chi connectivity index (χ2v) is 4.80. The van der Waals surface area contributed by atoms with Crippen LogP contribution in [0, 0.1) is 0 Å². The van der Waals surface area contributed by atoms with E-state index in [4.69, 9.17) is 4.74 Å². The van der Waals surface area contributed by atoms with Crippen LogP contribution in [-0.2, 0) is 0 Å². The van der Waals surface area contributed by atoms with E-state index in [1.54, 1.807) is 12.4 Å². The Morgan fingerprint density at radius 1 is 1.26 bits per heavy atom. The van der Waals surface area contributed by atoms with Gasteiger partial charge < -0.3 is 9.84 Å². The van der Waals surface area contributed by atoms with Crippen molar-refractivity contribution in [2.75, 3.05) is 6.61 Å². The van der Waals surface area contributed by atoms with Gasteiger partial charge in [-0.05, 0) is 36.5 Å². The first kappa shape index (κ1) is 12.1. The van der Waals surface area contributed by atoms with Crippen LogP contribution >= 0.6 is 0 Å². The minimum atomic E-state index is -0.508. The van der Waals surface area contributed by atoms with Gasteiger partial charge in [0, 0.05) is 11.8 Å². The fourth-order valence-corrected chi connectivity index (χ4v) is 2.56. The summed E-state index contributed by atoms with van der Waals surface area (Å²) in [7, 11) is 0. The lowest BCUT2D eigenvalue weighted by atomic mass is 9.87. The third kappa shape index (κ3) is 2.58. The number of fused-ring (bicyclic) bond motifs is 1. The van der Waals surface area contributed by atoms with Gasteiger partial charge in [0.25, 0.3) is 0 Å². The smallest absolute Gasteiger partial charge is 0.122 e. The van der Waals surface area contributed by atoms with Crippen LogP contribution in [0.15, 0.2) is 42.7 Å². The number of aliphatic hydroxyl groups excluding tert-OH is 1. The van der Waals surface area contributed by atoms with Crippen molar-refractivity contribution in [1.29, 1.82) is 0 Å². The first-order valence-corrected chi connectivity index (χ1v) is 6.51. The van der Waals surface area contributed by atoms with Crippen LogP contribution in [0.5, 0.6) is 5.75 Å². The molecule has 4 heteroatoms. The third-order valence-electron chi connectivity index (χ3n) is 3.58.